The fourth-order valence-electron chi connectivity index (χ4n) is 3.25. The zero-order valence-electron chi connectivity index (χ0n) is 16.4. The summed E-state index contributed by atoms with van der Waals surface area (Å²) >= 11 is 0. The van der Waals surface area contributed by atoms with Crippen LogP contribution in [0.25, 0.3) is 0 Å². The molecular formula is C19H28N6O. The van der Waals surface area contributed by atoms with E-state index in [4.69, 9.17) is 0 Å². The van der Waals surface area contributed by atoms with Gasteiger partial charge in [-0.25, -0.2) is 9.97 Å². The number of amides is 1. The summed E-state index contributed by atoms with van der Waals surface area (Å²) in [6, 6.07) is 3.91. The Labute approximate surface area is 155 Å². The first-order valence-corrected chi connectivity index (χ1v) is 9.33. The number of hydrogen-bond donors (Lipinski definition) is 0. The van der Waals surface area contributed by atoms with Crippen molar-refractivity contribution in [3.8, 4) is 0 Å². The van der Waals surface area contributed by atoms with Crippen molar-refractivity contribution >= 4 is 11.9 Å². The topological polar surface area (TPSA) is 67.2 Å². The van der Waals surface area contributed by atoms with Crippen molar-refractivity contribution in [2.24, 2.45) is 0 Å². The van der Waals surface area contributed by atoms with Gasteiger partial charge in [0, 0.05) is 44.1 Å². The van der Waals surface area contributed by atoms with Gasteiger partial charge >= 0.3 is 0 Å². The van der Waals surface area contributed by atoms with Crippen molar-refractivity contribution in [1.82, 2.24) is 24.6 Å². The summed E-state index contributed by atoms with van der Waals surface area (Å²) in [4.78, 5) is 26.1. The Morgan fingerprint density at radius 2 is 1.69 bits per heavy atom. The Morgan fingerprint density at radius 1 is 1.08 bits per heavy atom. The lowest BCUT2D eigenvalue weighted by Crippen LogP contribution is -2.49. The zero-order chi connectivity index (χ0) is 18.8. The monoisotopic (exact) mass is 356 g/mol. The molecule has 0 radical (unpaired) electrons. The predicted octanol–water partition coefficient (Wildman–Crippen LogP) is 2.40. The number of carbonyl (C=O) groups excluding carboxylic acids is 1. The van der Waals surface area contributed by atoms with Gasteiger partial charge in [0.2, 0.25) is 5.95 Å². The molecule has 1 aliphatic heterocycles. The highest BCUT2D eigenvalue weighted by Crippen LogP contribution is 2.18. The van der Waals surface area contributed by atoms with E-state index < -0.39 is 0 Å². The molecule has 26 heavy (non-hydrogen) atoms. The van der Waals surface area contributed by atoms with Gasteiger partial charge in [-0.2, -0.15) is 5.10 Å². The summed E-state index contributed by atoms with van der Waals surface area (Å²) in [5.74, 6) is 1.13. The Balaban J connectivity index is 1.71. The van der Waals surface area contributed by atoms with Crippen LogP contribution in [0, 0.1) is 13.8 Å². The zero-order valence-corrected chi connectivity index (χ0v) is 16.4. The fourth-order valence-corrected chi connectivity index (χ4v) is 3.25. The minimum atomic E-state index is 0.0623. The summed E-state index contributed by atoms with van der Waals surface area (Å²) in [6.07, 6.45) is 0. The maximum atomic E-state index is 13.0. The summed E-state index contributed by atoms with van der Waals surface area (Å²) in [6.45, 7) is 13.7. The molecule has 3 heterocycles. The molecule has 0 unspecified atom stereocenters. The van der Waals surface area contributed by atoms with E-state index in [0.29, 0.717) is 31.2 Å². The molecule has 0 spiro atoms. The van der Waals surface area contributed by atoms with Crippen LogP contribution in [-0.2, 0) is 6.54 Å². The molecule has 0 saturated carbocycles. The fraction of sp³-hybridized carbons (Fsp3) is 0.579. The van der Waals surface area contributed by atoms with Gasteiger partial charge in [-0.05, 0) is 38.8 Å². The van der Waals surface area contributed by atoms with E-state index in [1.807, 2.05) is 42.5 Å². The Hall–Kier alpha value is -2.44. The molecule has 1 fully saturated rings. The Morgan fingerprint density at radius 3 is 2.23 bits per heavy atom. The molecule has 7 nitrogen and oxygen atoms in total. The standard InChI is InChI=1S/C19H28N6O/c1-6-25-17(12-16(22-25)13(2)3)18(26)23-7-9-24(10-8-23)19-20-14(4)11-15(5)21-19/h11-13H,6-10H2,1-5H3. The smallest absolute Gasteiger partial charge is 0.272 e. The van der Waals surface area contributed by atoms with Crippen LogP contribution in [0.3, 0.4) is 0 Å². The highest BCUT2D eigenvalue weighted by Gasteiger charge is 2.26. The van der Waals surface area contributed by atoms with Gasteiger partial charge in [0.05, 0.1) is 5.69 Å². The van der Waals surface area contributed by atoms with Gasteiger partial charge < -0.3 is 9.80 Å². The number of aromatic nitrogens is 4. The van der Waals surface area contributed by atoms with Crippen molar-refractivity contribution in [3.05, 3.63) is 34.9 Å². The quantitative estimate of drug-likeness (QED) is 0.841. The predicted molar refractivity (Wildman–Crippen MR) is 102 cm³/mol. The molecule has 140 valence electrons. The molecule has 3 rings (SSSR count). The van der Waals surface area contributed by atoms with Crippen LogP contribution in [0.2, 0.25) is 0 Å². The van der Waals surface area contributed by atoms with Crippen molar-refractivity contribution in [3.63, 3.8) is 0 Å². The molecule has 0 bridgehead atoms. The van der Waals surface area contributed by atoms with E-state index in [-0.39, 0.29) is 5.91 Å². The van der Waals surface area contributed by atoms with Crippen molar-refractivity contribution in [2.75, 3.05) is 31.1 Å². The maximum absolute atomic E-state index is 13.0. The van der Waals surface area contributed by atoms with Crippen LogP contribution in [0.5, 0.6) is 0 Å². The molecule has 1 amide bonds. The second kappa shape index (κ2) is 7.43. The van der Waals surface area contributed by atoms with Crippen molar-refractivity contribution < 1.29 is 4.79 Å². The van der Waals surface area contributed by atoms with Gasteiger partial charge in [0.1, 0.15) is 5.69 Å². The van der Waals surface area contributed by atoms with E-state index in [1.54, 1.807) is 0 Å². The second-order valence-corrected chi connectivity index (χ2v) is 7.15. The van der Waals surface area contributed by atoms with E-state index in [9.17, 15) is 4.79 Å². The molecule has 1 saturated heterocycles. The number of hydrogen-bond acceptors (Lipinski definition) is 5. The minimum absolute atomic E-state index is 0.0623. The lowest BCUT2D eigenvalue weighted by molar-refractivity contribution is 0.0733. The van der Waals surface area contributed by atoms with E-state index in [0.717, 1.165) is 36.1 Å². The first-order valence-electron chi connectivity index (χ1n) is 9.33. The highest BCUT2D eigenvalue weighted by atomic mass is 16.2. The van der Waals surface area contributed by atoms with Crippen LogP contribution in [0.4, 0.5) is 5.95 Å². The summed E-state index contributed by atoms with van der Waals surface area (Å²) in [7, 11) is 0. The minimum Gasteiger partial charge on any atom is -0.337 e. The molecule has 0 aromatic carbocycles. The molecule has 2 aromatic heterocycles. The molecule has 0 aliphatic carbocycles. The summed E-state index contributed by atoms with van der Waals surface area (Å²) in [5, 5.41) is 4.56. The molecule has 7 heteroatoms. The van der Waals surface area contributed by atoms with E-state index in [1.165, 1.54) is 0 Å². The maximum Gasteiger partial charge on any atom is 0.272 e. The molecule has 0 atom stereocenters. The van der Waals surface area contributed by atoms with Crippen molar-refractivity contribution in [1.29, 1.82) is 0 Å². The van der Waals surface area contributed by atoms with Crippen LogP contribution in [0.1, 0.15) is 54.3 Å². The number of piperazine rings is 1. The molecule has 2 aromatic rings. The van der Waals surface area contributed by atoms with Gasteiger partial charge in [0.25, 0.3) is 5.91 Å². The SMILES string of the molecule is CCn1nc(C(C)C)cc1C(=O)N1CCN(c2nc(C)cc(C)n2)CC1. The second-order valence-electron chi connectivity index (χ2n) is 7.15. The lowest BCUT2D eigenvalue weighted by atomic mass is 10.1. The van der Waals surface area contributed by atoms with Crippen LogP contribution < -0.4 is 4.90 Å². The third-order valence-electron chi connectivity index (χ3n) is 4.73. The largest absolute Gasteiger partial charge is 0.337 e. The third-order valence-corrected chi connectivity index (χ3v) is 4.73. The summed E-state index contributed by atoms with van der Waals surface area (Å²) < 4.78 is 1.82. The van der Waals surface area contributed by atoms with Crippen molar-refractivity contribution in [2.45, 2.75) is 47.1 Å². The average Bonchev–Trinajstić information content (AvgIpc) is 3.05. The molecule has 0 N–H and O–H groups in total. The molecule has 1 aliphatic rings. The first kappa shape index (κ1) is 18.4. The number of carbonyl (C=O) groups is 1. The third kappa shape index (κ3) is 3.71. The van der Waals surface area contributed by atoms with Crippen LogP contribution >= 0.6 is 0 Å². The normalized spacial score (nSPS) is 15.0. The highest BCUT2D eigenvalue weighted by molar-refractivity contribution is 5.93. The van der Waals surface area contributed by atoms with E-state index >= 15 is 0 Å². The van der Waals surface area contributed by atoms with Crippen LogP contribution in [-0.4, -0.2) is 56.7 Å². The number of aryl methyl sites for hydroxylation is 3. The van der Waals surface area contributed by atoms with Gasteiger partial charge in [-0.3, -0.25) is 9.48 Å². The number of nitrogens with zero attached hydrogens (tertiary/aromatic N) is 6. The number of rotatable bonds is 4. The number of anilines is 1. The van der Waals surface area contributed by atoms with Crippen LogP contribution in [0.15, 0.2) is 12.1 Å². The Bertz CT molecular complexity index is 769. The summed E-state index contributed by atoms with van der Waals surface area (Å²) in [5.41, 5.74) is 3.60. The van der Waals surface area contributed by atoms with Gasteiger partial charge in [-0.15, -0.1) is 0 Å². The Kier molecular flexibility index (Phi) is 5.25. The van der Waals surface area contributed by atoms with E-state index in [2.05, 4.69) is 33.8 Å². The first-order chi connectivity index (χ1) is 12.4. The lowest BCUT2D eigenvalue weighted by Gasteiger charge is -2.34. The molecular weight excluding hydrogens is 328 g/mol. The average molecular weight is 356 g/mol. The van der Waals surface area contributed by atoms with Gasteiger partial charge in [-0.1, -0.05) is 13.8 Å². The van der Waals surface area contributed by atoms with Gasteiger partial charge in [0.15, 0.2) is 0 Å².